The second-order valence-electron chi connectivity index (χ2n) is 5.39. The van der Waals surface area contributed by atoms with E-state index in [1.807, 2.05) is 11.7 Å². The third-order valence-corrected chi connectivity index (χ3v) is 4.40. The zero-order valence-corrected chi connectivity index (χ0v) is 12.0. The van der Waals surface area contributed by atoms with Crippen LogP contribution in [0.5, 0.6) is 0 Å². The van der Waals surface area contributed by atoms with Gasteiger partial charge in [0.15, 0.2) is 0 Å². The van der Waals surface area contributed by atoms with Gasteiger partial charge in [-0.2, -0.15) is 5.10 Å². The summed E-state index contributed by atoms with van der Waals surface area (Å²) in [6.45, 7) is 9.85. The van der Waals surface area contributed by atoms with Crippen LogP contribution in [0.25, 0.3) is 0 Å². The lowest BCUT2D eigenvalue weighted by atomic mass is 9.87. The first kappa shape index (κ1) is 13.5. The summed E-state index contributed by atoms with van der Waals surface area (Å²) in [4.78, 5) is 6.94. The molecule has 18 heavy (non-hydrogen) atoms. The summed E-state index contributed by atoms with van der Waals surface area (Å²) < 4.78 is 1.88. The lowest BCUT2D eigenvalue weighted by molar-refractivity contribution is 0.0249. The largest absolute Gasteiger partial charge is 0.311 e. The first-order chi connectivity index (χ1) is 8.61. The molecule has 0 aliphatic carbocycles. The molecule has 5 heteroatoms. The van der Waals surface area contributed by atoms with Gasteiger partial charge in [0, 0.05) is 31.7 Å². The number of rotatable bonds is 4. The van der Waals surface area contributed by atoms with Gasteiger partial charge < -0.3 is 5.32 Å². The van der Waals surface area contributed by atoms with Crippen molar-refractivity contribution in [1.29, 1.82) is 0 Å². The van der Waals surface area contributed by atoms with Crippen LogP contribution in [0.3, 0.4) is 0 Å². The van der Waals surface area contributed by atoms with Crippen molar-refractivity contribution in [2.24, 2.45) is 7.05 Å². The van der Waals surface area contributed by atoms with Crippen LogP contribution in [-0.2, 0) is 13.6 Å². The van der Waals surface area contributed by atoms with Gasteiger partial charge in [-0.15, -0.1) is 0 Å². The Kier molecular flexibility index (Phi) is 4.02. The third kappa shape index (κ3) is 2.42. The molecule has 0 amide bonds. The molecule has 2 rings (SSSR count). The molecule has 5 nitrogen and oxygen atoms in total. The van der Waals surface area contributed by atoms with Gasteiger partial charge in [0.1, 0.15) is 12.2 Å². The quantitative estimate of drug-likeness (QED) is 0.872. The predicted molar refractivity (Wildman–Crippen MR) is 72.2 cm³/mol. The number of piperazine rings is 1. The smallest absolute Gasteiger partial charge is 0.140 e. The fraction of sp³-hybridized carbons (Fsp3) is 0.846. The lowest BCUT2D eigenvalue weighted by Crippen LogP contribution is -2.63. The predicted octanol–water partition coefficient (Wildman–Crippen LogP) is 1.17. The zero-order chi connectivity index (χ0) is 13.2. The van der Waals surface area contributed by atoms with E-state index < -0.39 is 0 Å². The fourth-order valence-electron chi connectivity index (χ4n) is 2.88. The average Bonchev–Trinajstić information content (AvgIpc) is 2.76. The van der Waals surface area contributed by atoms with Crippen molar-refractivity contribution in [2.45, 2.75) is 51.7 Å². The maximum atomic E-state index is 4.36. The standard InChI is InChI=1S/C13H25N5/c1-5-13(6-2)9-14-11(3)7-18(13)8-12-15-10-16-17(12)4/h10-11,14H,5-9H2,1-4H3. The summed E-state index contributed by atoms with van der Waals surface area (Å²) >= 11 is 0. The third-order valence-electron chi connectivity index (χ3n) is 4.40. The van der Waals surface area contributed by atoms with Crippen molar-refractivity contribution in [3.8, 4) is 0 Å². The van der Waals surface area contributed by atoms with Gasteiger partial charge in [0.2, 0.25) is 0 Å². The number of aromatic nitrogens is 3. The molecular weight excluding hydrogens is 226 g/mol. The molecule has 102 valence electrons. The van der Waals surface area contributed by atoms with E-state index in [4.69, 9.17) is 0 Å². The molecule has 1 aliphatic rings. The van der Waals surface area contributed by atoms with Crippen molar-refractivity contribution in [2.75, 3.05) is 13.1 Å². The van der Waals surface area contributed by atoms with Crippen LogP contribution in [0.2, 0.25) is 0 Å². The van der Waals surface area contributed by atoms with Gasteiger partial charge in [0.25, 0.3) is 0 Å². The molecule has 0 aromatic carbocycles. The summed E-state index contributed by atoms with van der Waals surface area (Å²) in [5.74, 6) is 1.05. The summed E-state index contributed by atoms with van der Waals surface area (Å²) in [5, 5.41) is 7.78. The molecule has 0 spiro atoms. The normalized spacial score (nSPS) is 24.3. The molecule has 1 N–H and O–H groups in total. The second kappa shape index (κ2) is 5.36. The molecule has 0 saturated carbocycles. The van der Waals surface area contributed by atoms with E-state index in [1.165, 1.54) is 12.8 Å². The first-order valence-electron chi connectivity index (χ1n) is 6.92. The number of hydrogen-bond donors (Lipinski definition) is 1. The number of nitrogens with zero attached hydrogens (tertiary/aromatic N) is 4. The molecule has 1 aliphatic heterocycles. The van der Waals surface area contributed by atoms with Crippen molar-refractivity contribution in [3.63, 3.8) is 0 Å². The minimum Gasteiger partial charge on any atom is -0.311 e. The van der Waals surface area contributed by atoms with Crippen LogP contribution in [0, 0.1) is 0 Å². The fourth-order valence-corrected chi connectivity index (χ4v) is 2.88. The molecule has 1 aromatic rings. The Morgan fingerprint density at radius 1 is 1.44 bits per heavy atom. The highest BCUT2D eigenvalue weighted by molar-refractivity contribution is 4.99. The molecule has 2 heterocycles. The molecule has 0 radical (unpaired) electrons. The van der Waals surface area contributed by atoms with E-state index in [-0.39, 0.29) is 5.54 Å². The van der Waals surface area contributed by atoms with Crippen LogP contribution in [0.4, 0.5) is 0 Å². The first-order valence-corrected chi connectivity index (χ1v) is 6.92. The van der Waals surface area contributed by atoms with Crippen molar-refractivity contribution < 1.29 is 0 Å². The van der Waals surface area contributed by atoms with Gasteiger partial charge in [-0.1, -0.05) is 13.8 Å². The maximum Gasteiger partial charge on any atom is 0.140 e. The molecule has 1 saturated heterocycles. The Morgan fingerprint density at radius 3 is 2.72 bits per heavy atom. The van der Waals surface area contributed by atoms with Gasteiger partial charge in [-0.25, -0.2) is 4.98 Å². The highest BCUT2D eigenvalue weighted by atomic mass is 15.4. The monoisotopic (exact) mass is 251 g/mol. The van der Waals surface area contributed by atoms with Crippen LogP contribution in [0.1, 0.15) is 39.4 Å². The summed E-state index contributed by atoms with van der Waals surface area (Å²) in [6.07, 6.45) is 3.97. The van der Waals surface area contributed by atoms with Crippen LogP contribution < -0.4 is 5.32 Å². The molecule has 1 unspecified atom stereocenters. The van der Waals surface area contributed by atoms with E-state index in [0.717, 1.165) is 25.5 Å². The Morgan fingerprint density at radius 2 is 2.17 bits per heavy atom. The molecule has 0 bridgehead atoms. The highest BCUT2D eigenvalue weighted by Crippen LogP contribution is 2.28. The molecular formula is C13H25N5. The van der Waals surface area contributed by atoms with E-state index >= 15 is 0 Å². The molecule has 1 atom stereocenters. The minimum atomic E-state index is 0.262. The van der Waals surface area contributed by atoms with Gasteiger partial charge in [0.05, 0.1) is 6.54 Å². The van der Waals surface area contributed by atoms with Crippen LogP contribution in [0.15, 0.2) is 6.33 Å². The summed E-state index contributed by atoms with van der Waals surface area (Å²) in [6, 6.07) is 0.546. The van der Waals surface area contributed by atoms with E-state index in [2.05, 4.69) is 41.1 Å². The highest BCUT2D eigenvalue weighted by Gasteiger charge is 2.38. The van der Waals surface area contributed by atoms with Crippen LogP contribution in [-0.4, -0.2) is 44.3 Å². The van der Waals surface area contributed by atoms with E-state index in [0.29, 0.717) is 6.04 Å². The average molecular weight is 251 g/mol. The van der Waals surface area contributed by atoms with Gasteiger partial charge in [-0.05, 0) is 19.8 Å². The molecule has 1 aromatic heterocycles. The number of aryl methyl sites for hydroxylation is 1. The Balaban J connectivity index is 2.18. The number of nitrogens with one attached hydrogen (secondary N) is 1. The minimum absolute atomic E-state index is 0.262. The summed E-state index contributed by atoms with van der Waals surface area (Å²) in [7, 11) is 1.97. The van der Waals surface area contributed by atoms with Gasteiger partial charge >= 0.3 is 0 Å². The van der Waals surface area contributed by atoms with Crippen molar-refractivity contribution in [1.82, 2.24) is 25.0 Å². The summed E-state index contributed by atoms with van der Waals surface area (Å²) in [5.41, 5.74) is 0.262. The maximum absolute atomic E-state index is 4.36. The topological polar surface area (TPSA) is 46.0 Å². The van der Waals surface area contributed by atoms with E-state index in [1.54, 1.807) is 6.33 Å². The van der Waals surface area contributed by atoms with Crippen LogP contribution >= 0.6 is 0 Å². The van der Waals surface area contributed by atoms with E-state index in [9.17, 15) is 0 Å². The Hall–Kier alpha value is -0.940. The van der Waals surface area contributed by atoms with Crippen molar-refractivity contribution in [3.05, 3.63) is 12.2 Å². The second-order valence-corrected chi connectivity index (χ2v) is 5.39. The Bertz CT molecular complexity index is 382. The molecule has 1 fully saturated rings. The van der Waals surface area contributed by atoms with Gasteiger partial charge in [-0.3, -0.25) is 9.58 Å². The van der Waals surface area contributed by atoms with Crippen molar-refractivity contribution >= 4 is 0 Å². The Labute approximate surface area is 110 Å². The lowest BCUT2D eigenvalue weighted by Gasteiger charge is -2.49. The number of hydrogen-bond acceptors (Lipinski definition) is 4. The zero-order valence-electron chi connectivity index (χ0n) is 12.0. The SMILES string of the molecule is CCC1(CC)CNC(C)CN1Cc1ncnn1C.